The highest BCUT2D eigenvalue weighted by Gasteiger charge is 2.33. The van der Waals surface area contributed by atoms with E-state index >= 15 is 0 Å². The van der Waals surface area contributed by atoms with E-state index in [1.807, 2.05) is 0 Å². The number of hydrogen-bond acceptors (Lipinski definition) is 3. The van der Waals surface area contributed by atoms with Gasteiger partial charge < -0.3 is 16.0 Å². The number of anilines is 3. The molecule has 5 nitrogen and oxygen atoms in total. The molecule has 0 unspecified atom stereocenters. The second-order valence-corrected chi connectivity index (χ2v) is 6.86. The molecule has 0 spiro atoms. The van der Waals surface area contributed by atoms with Crippen molar-refractivity contribution in [1.29, 1.82) is 5.26 Å². The maximum atomic E-state index is 13.1. The summed E-state index contributed by atoms with van der Waals surface area (Å²) in [7, 11) is 0. The number of benzene rings is 3. The lowest BCUT2D eigenvalue weighted by Crippen LogP contribution is -2.22. The number of nitriles is 1. The molecular weight excluding hydrogens is 444 g/mol. The van der Waals surface area contributed by atoms with Crippen molar-refractivity contribution < 1.29 is 22.4 Å². The van der Waals surface area contributed by atoms with Crippen molar-refractivity contribution in [2.75, 3.05) is 16.0 Å². The van der Waals surface area contributed by atoms with Gasteiger partial charge in [-0.15, -0.1) is 0 Å². The molecule has 3 aromatic rings. The number of nitrogens with one attached hydrogen (secondary N) is 3. The van der Waals surface area contributed by atoms with Gasteiger partial charge in [-0.1, -0.05) is 12.1 Å². The molecule has 3 aromatic carbocycles. The average molecular weight is 458 g/mol. The predicted octanol–water partition coefficient (Wildman–Crippen LogP) is 5.78. The molecule has 0 heterocycles. The smallest absolute Gasteiger partial charge is 0.332 e. The lowest BCUT2D eigenvalue weighted by molar-refractivity contribution is -0.137. The van der Waals surface area contributed by atoms with Gasteiger partial charge in [-0.25, -0.2) is 4.39 Å². The molecule has 0 saturated heterocycles. The van der Waals surface area contributed by atoms with Gasteiger partial charge in [-0.05, 0) is 66.8 Å². The highest BCUT2D eigenvalue weighted by atomic mass is 32.1. The normalized spacial score (nSPS) is 10.7. The summed E-state index contributed by atoms with van der Waals surface area (Å²) < 4.78 is 52.5. The van der Waals surface area contributed by atoms with Crippen molar-refractivity contribution in [2.45, 2.75) is 6.18 Å². The standard InChI is InChI=1S/C22H14F4N4OS/c23-14-6-9-15(10-7-14)28-20(31)17-3-1-2-4-19(17)30-21(32)29-16-8-5-13(12-27)18(11-16)22(24,25)26/h1-11H,(H,28,31)(H2,29,30,32). The Hall–Kier alpha value is -3.97. The van der Waals surface area contributed by atoms with Gasteiger partial charge in [0.25, 0.3) is 5.91 Å². The predicted molar refractivity (Wildman–Crippen MR) is 117 cm³/mol. The Balaban J connectivity index is 1.76. The van der Waals surface area contributed by atoms with E-state index in [1.54, 1.807) is 18.2 Å². The van der Waals surface area contributed by atoms with E-state index in [1.165, 1.54) is 42.5 Å². The Bertz CT molecular complexity index is 1200. The zero-order valence-corrected chi connectivity index (χ0v) is 16.9. The summed E-state index contributed by atoms with van der Waals surface area (Å²) in [5, 5.41) is 16.8. The maximum absolute atomic E-state index is 13.1. The van der Waals surface area contributed by atoms with Crippen molar-refractivity contribution in [3.05, 3.63) is 89.2 Å². The number of carbonyl (C=O) groups is 1. The average Bonchev–Trinajstić information content (AvgIpc) is 2.75. The molecular formula is C22H14F4N4OS. The lowest BCUT2D eigenvalue weighted by atomic mass is 10.1. The van der Waals surface area contributed by atoms with Crippen LogP contribution in [-0.2, 0) is 6.18 Å². The van der Waals surface area contributed by atoms with Crippen LogP contribution in [0.3, 0.4) is 0 Å². The minimum atomic E-state index is -4.71. The summed E-state index contributed by atoms with van der Waals surface area (Å²) in [5.74, 6) is -0.946. The summed E-state index contributed by atoms with van der Waals surface area (Å²) in [6, 6.07) is 16.2. The molecule has 162 valence electrons. The molecule has 3 rings (SSSR count). The first-order valence-corrected chi connectivity index (χ1v) is 9.43. The molecule has 0 aromatic heterocycles. The Morgan fingerprint density at radius 1 is 0.906 bits per heavy atom. The number of amides is 1. The van der Waals surface area contributed by atoms with Crippen LogP contribution in [0.2, 0.25) is 0 Å². The summed E-state index contributed by atoms with van der Waals surface area (Å²) >= 11 is 5.16. The lowest BCUT2D eigenvalue weighted by Gasteiger charge is -2.15. The quantitative estimate of drug-likeness (QED) is 0.341. The Morgan fingerprint density at radius 2 is 1.56 bits per heavy atom. The van der Waals surface area contributed by atoms with Gasteiger partial charge in [0, 0.05) is 11.4 Å². The van der Waals surface area contributed by atoms with Gasteiger partial charge in [0.2, 0.25) is 0 Å². The largest absolute Gasteiger partial charge is 0.417 e. The van der Waals surface area contributed by atoms with Gasteiger partial charge in [0.15, 0.2) is 5.11 Å². The van der Waals surface area contributed by atoms with Crippen LogP contribution in [0.25, 0.3) is 0 Å². The van der Waals surface area contributed by atoms with Gasteiger partial charge in [0.05, 0.1) is 28.4 Å². The fourth-order valence-electron chi connectivity index (χ4n) is 2.76. The second-order valence-electron chi connectivity index (χ2n) is 6.46. The molecule has 3 N–H and O–H groups in total. The Labute approximate surface area is 185 Å². The van der Waals surface area contributed by atoms with Gasteiger partial charge >= 0.3 is 6.18 Å². The van der Waals surface area contributed by atoms with Crippen LogP contribution < -0.4 is 16.0 Å². The fourth-order valence-corrected chi connectivity index (χ4v) is 2.99. The van der Waals surface area contributed by atoms with Crippen molar-refractivity contribution in [3.8, 4) is 6.07 Å². The highest BCUT2D eigenvalue weighted by molar-refractivity contribution is 7.80. The minimum absolute atomic E-state index is 0.0158. The number of nitrogens with zero attached hydrogens (tertiary/aromatic N) is 1. The zero-order chi connectivity index (χ0) is 23.3. The van der Waals surface area contributed by atoms with Crippen molar-refractivity contribution in [3.63, 3.8) is 0 Å². The summed E-state index contributed by atoms with van der Waals surface area (Å²) in [6.07, 6.45) is -4.71. The van der Waals surface area contributed by atoms with Crippen LogP contribution in [0.1, 0.15) is 21.5 Å². The molecule has 1 amide bonds. The number of hydrogen-bond donors (Lipinski definition) is 3. The summed E-state index contributed by atoms with van der Waals surface area (Å²) in [4.78, 5) is 12.6. The molecule has 32 heavy (non-hydrogen) atoms. The third-order valence-corrected chi connectivity index (χ3v) is 4.43. The molecule has 0 saturated carbocycles. The highest BCUT2D eigenvalue weighted by Crippen LogP contribution is 2.33. The number of thiocarbonyl (C=S) groups is 1. The summed E-state index contributed by atoms with van der Waals surface area (Å²) in [6.45, 7) is 0. The summed E-state index contributed by atoms with van der Waals surface area (Å²) in [5.41, 5.74) is -0.700. The molecule has 0 radical (unpaired) electrons. The molecule has 0 bridgehead atoms. The monoisotopic (exact) mass is 458 g/mol. The molecule has 0 fully saturated rings. The first-order chi connectivity index (χ1) is 15.2. The molecule has 10 heteroatoms. The molecule has 0 aliphatic carbocycles. The Kier molecular flexibility index (Phi) is 6.70. The van der Waals surface area contributed by atoms with E-state index in [2.05, 4.69) is 16.0 Å². The van der Waals surface area contributed by atoms with E-state index < -0.39 is 29.0 Å². The Morgan fingerprint density at radius 3 is 2.22 bits per heavy atom. The molecule has 0 aliphatic rings. The van der Waals surface area contributed by atoms with E-state index in [-0.39, 0.29) is 16.4 Å². The van der Waals surface area contributed by atoms with Gasteiger partial charge in [-0.2, -0.15) is 18.4 Å². The first kappa shape index (κ1) is 22.7. The van der Waals surface area contributed by atoms with Crippen LogP contribution in [0.15, 0.2) is 66.7 Å². The number of rotatable bonds is 4. The van der Waals surface area contributed by atoms with E-state index in [4.69, 9.17) is 17.5 Å². The van der Waals surface area contributed by atoms with Gasteiger partial charge in [0.1, 0.15) is 5.82 Å². The van der Waals surface area contributed by atoms with Crippen LogP contribution in [0, 0.1) is 17.1 Å². The van der Waals surface area contributed by atoms with Crippen LogP contribution >= 0.6 is 12.2 Å². The molecule has 0 atom stereocenters. The minimum Gasteiger partial charge on any atom is -0.332 e. The van der Waals surface area contributed by atoms with Crippen LogP contribution in [0.5, 0.6) is 0 Å². The number of halogens is 4. The topological polar surface area (TPSA) is 77.0 Å². The van der Waals surface area contributed by atoms with E-state index in [9.17, 15) is 22.4 Å². The van der Waals surface area contributed by atoms with Crippen molar-refractivity contribution in [1.82, 2.24) is 0 Å². The number of carbonyl (C=O) groups excluding carboxylic acids is 1. The number of para-hydroxylation sites is 1. The van der Waals surface area contributed by atoms with Crippen molar-refractivity contribution in [2.24, 2.45) is 0 Å². The van der Waals surface area contributed by atoms with Gasteiger partial charge in [-0.3, -0.25) is 4.79 Å². The van der Waals surface area contributed by atoms with E-state index in [0.29, 0.717) is 11.4 Å². The van der Waals surface area contributed by atoms with Crippen LogP contribution in [0.4, 0.5) is 34.6 Å². The SMILES string of the molecule is N#Cc1ccc(NC(=S)Nc2ccccc2C(=O)Nc2ccc(F)cc2)cc1C(F)(F)F. The third kappa shape index (κ3) is 5.59. The molecule has 0 aliphatic heterocycles. The second kappa shape index (κ2) is 9.45. The third-order valence-electron chi connectivity index (χ3n) is 4.23. The maximum Gasteiger partial charge on any atom is 0.417 e. The van der Waals surface area contributed by atoms with Crippen LogP contribution in [-0.4, -0.2) is 11.0 Å². The van der Waals surface area contributed by atoms with E-state index in [0.717, 1.165) is 12.1 Å². The first-order valence-electron chi connectivity index (χ1n) is 9.02. The van der Waals surface area contributed by atoms with Crippen molar-refractivity contribution >= 4 is 40.3 Å². The zero-order valence-electron chi connectivity index (χ0n) is 16.1. The fraction of sp³-hybridized carbons (Fsp3) is 0.0455. The number of alkyl halides is 3.